The Morgan fingerprint density at radius 2 is 1.84 bits per heavy atom. The fourth-order valence-electron chi connectivity index (χ4n) is 4.25. The number of halogens is 2. The van der Waals surface area contributed by atoms with E-state index in [1.54, 1.807) is 32.0 Å². The van der Waals surface area contributed by atoms with Crippen molar-refractivity contribution >= 4 is 58.3 Å². The van der Waals surface area contributed by atoms with Crippen molar-refractivity contribution in [2.24, 2.45) is 5.10 Å². The summed E-state index contributed by atoms with van der Waals surface area (Å²) >= 11 is 8.37. The smallest absolute Gasteiger partial charge is 0.338 e. The van der Waals surface area contributed by atoms with Crippen molar-refractivity contribution in [3.8, 4) is 17.2 Å². The Labute approximate surface area is 273 Å². The van der Waals surface area contributed by atoms with Gasteiger partial charge in [-0.15, -0.1) is 0 Å². The first-order chi connectivity index (χ1) is 21.2. The number of amides is 3. The van der Waals surface area contributed by atoms with Crippen molar-refractivity contribution in [3.05, 3.63) is 97.2 Å². The van der Waals surface area contributed by atoms with Crippen LogP contribution in [0.25, 0.3) is 0 Å². The van der Waals surface area contributed by atoms with Gasteiger partial charge in [-0.3, -0.25) is 4.79 Å². The number of hydrazone groups is 1. The molecule has 230 valence electrons. The van der Waals surface area contributed by atoms with Crippen LogP contribution in [-0.4, -0.2) is 44.4 Å². The number of rotatable bonds is 12. The Morgan fingerprint density at radius 1 is 1.07 bits per heavy atom. The van der Waals surface area contributed by atoms with Gasteiger partial charge < -0.3 is 29.6 Å². The molecular formula is C31H30ClIN4O7. The highest BCUT2D eigenvalue weighted by Gasteiger charge is 2.32. The average molecular weight is 733 g/mol. The molecule has 0 saturated carbocycles. The summed E-state index contributed by atoms with van der Waals surface area (Å²) in [6.45, 7) is 3.52. The highest BCUT2D eigenvalue weighted by molar-refractivity contribution is 14.1. The summed E-state index contributed by atoms with van der Waals surface area (Å²) in [5, 5.41) is 9.98. The molecule has 0 fully saturated rings. The van der Waals surface area contributed by atoms with E-state index in [0.29, 0.717) is 34.4 Å². The molecule has 0 aromatic heterocycles. The zero-order valence-corrected chi connectivity index (χ0v) is 27.0. The van der Waals surface area contributed by atoms with Gasteiger partial charge in [0.1, 0.15) is 12.4 Å². The van der Waals surface area contributed by atoms with E-state index in [9.17, 15) is 14.4 Å². The first kappa shape index (κ1) is 32.6. The number of ether oxygens (including phenoxy) is 4. The topological polar surface area (TPSA) is 137 Å². The van der Waals surface area contributed by atoms with Gasteiger partial charge in [0.2, 0.25) is 0 Å². The predicted molar refractivity (Wildman–Crippen MR) is 173 cm³/mol. The van der Waals surface area contributed by atoms with Crippen molar-refractivity contribution in [1.29, 1.82) is 0 Å². The summed E-state index contributed by atoms with van der Waals surface area (Å²) in [7, 11) is 1.44. The standard InChI is InChI=1S/C31H30ClIN4O7/c1-4-42-30(39)28-18(2)35-31(40)36-29(28)20-10-12-25(26(14-20)41-3)44-17-27(38)37-34-15-19-9-11-24(23(33)13-19)43-16-21-7-5-6-8-22(21)32/h5-15,29H,4,16-17H2,1-3H3,(H,37,38)(H2,35,36,40)/b34-15-/t29-/m1/s1. The number of hydrogen-bond acceptors (Lipinski definition) is 8. The van der Waals surface area contributed by atoms with Crippen LogP contribution in [-0.2, 0) is 20.9 Å². The van der Waals surface area contributed by atoms with Crippen LogP contribution in [0, 0.1) is 3.57 Å². The lowest BCUT2D eigenvalue weighted by molar-refractivity contribution is -0.139. The molecule has 0 aliphatic carbocycles. The number of nitrogens with one attached hydrogen (secondary N) is 3. The van der Waals surface area contributed by atoms with Gasteiger partial charge in [0.15, 0.2) is 18.1 Å². The molecule has 0 radical (unpaired) electrons. The molecule has 13 heteroatoms. The van der Waals surface area contributed by atoms with E-state index in [4.69, 9.17) is 30.5 Å². The van der Waals surface area contributed by atoms with E-state index in [0.717, 1.165) is 14.7 Å². The summed E-state index contributed by atoms with van der Waals surface area (Å²) in [4.78, 5) is 37.2. The van der Waals surface area contributed by atoms with E-state index >= 15 is 0 Å². The monoisotopic (exact) mass is 732 g/mol. The Balaban J connectivity index is 1.34. The number of carbonyl (C=O) groups excluding carboxylic acids is 3. The molecule has 3 N–H and O–H groups in total. The van der Waals surface area contributed by atoms with Crippen molar-refractivity contribution < 1.29 is 33.3 Å². The van der Waals surface area contributed by atoms with Crippen LogP contribution in [0.5, 0.6) is 17.2 Å². The van der Waals surface area contributed by atoms with Crippen LogP contribution in [0.3, 0.4) is 0 Å². The average Bonchev–Trinajstić information content (AvgIpc) is 3.00. The van der Waals surface area contributed by atoms with Crippen LogP contribution in [0.1, 0.15) is 36.6 Å². The molecule has 0 unspecified atom stereocenters. The van der Waals surface area contributed by atoms with E-state index in [1.165, 1.54) is 13.3 Å². The molecule has 3 aromatic rings. The number of methoxy groups -OCH3 is 1. The lowest BCUT2D eigenvalue weighted by Crippen LogP contribution is -2.45. The minimum Gasteiger partial charge on any atom is -0.493 e. The summed E-state index contributed by atoms with van der Waals surface area (Å²) in [6.07, 6.45) is 1.51. The SMILES string of the molecule is CCOC(=O)C1=C(C)NC(=O)N[C@@H]1c1ccc(OCC(=O)N/N=C\c2ccc(OCc3ccccc3Cl)c(I)c2)c(OC)c1. The highest BCUT2D eigenvalue weighted by atomic mass is 127. The fourth-order valence-corrected chi connectivity index (χ4v) is 5.13. The third kappa shape index (κ3) is 8.41. The maximum absolute atomic E-state index is 12.6. The van der Waals surface area contributed by atoms with Gasteiger partial charge in [0.05, 0.1) is 35.1 Å². The molecule has 3 aromatic carbocycles. The second-order valence-corrected chi connectivity index (χ2v) is 10.9. The minimum atomic E-state index is -0.769. The van der Waals surface area contributed by atoms with Gasteiger partial charge in [-0.25, -0.2) is 15.0 Å². The molecule has 4 rings (SSSR count). The molecular weight excluding hydrogens is 703 g/mol. The highest BCUT2D eigenvalue weighted by Crippen LogP contribution is 2.34. The first-order valence-electron chi connectivity index (χ1n) is 13.4. The largest absolute Gasteiger partial charge is 0.493 e. The lowest BCUT2D eigenvalue weighted by atomic mass is 9.95. The molecule has 1 heterocycles. The van der Waals surface area contributed by atoms with Gasteiger partial charge in [-0.1, -0.05) is 35.9 Å². The fraction of sp³-hybridized carbons (Fsp3) is 0.226. The van der Waals surface area contributed by atoms with Crippen LogP contribution < -0.4 is 30.3 Å². The maximum Gasteiger partial charge on any atom is 0.338 e. The second-order valence-electron chi connectivity index (χ2n) is 9.35. The number of nitrogens with zero attached hydrogens (tertiary/aromatic N) is 1. The Hall–Kier alpha value is -4.30. The van der Waals surface area contributed by atoms with E-state index in [1.807, 2.05) is 42.5 Å². The first-order valence-corrected chi connectivity index (χ1v) is 14.9. The number of benzene rings is 3. The van der Waals surface area contributed by atoms with Crippen molar-refractivity contribution in [2.45, 2.75) is 26.5 Å². The molecule has 1 aliphatic heterocycles. The Bertz CT molecular complexity index is 1610. The summed E-state index contributed by atoms with van der Waals surface area (Å²) in [6, 6.07) is 16.7. The van der Waals surface area contributed by atoms with Crippen molar-refractivity contribution in [1.82, 2.24) is 16.1 Å². The number of allylic oxidation sites excluding steroid dienone is 1. The van der Waals surface area contributed by atoms with Gasteiger partial charge in [-0.2, -0.15) is 5.10 Å². The van der Waals surface area contributed by atoms with Crippen molar-refractivity contribution in [3.63, 3.8) is 0 Å². The van der Waals surface area contributed by atoms with Crippen molar-refractivity contribution in [2.75, 3.05) is 20.3 Å². The van der Waals surface area contributed by atoms with Gasteiger partial charge >= 0.3 is 12.0 Å². The zero-order chi connectivity index (χ0) is 31.6. The number of carbonyl (C=O) groups is 3. The number of hydrogen-bond donors (Lipinski definition) is 3. The minimum absolute atomic E-state index is 0.185. The maximum atomic E-state index is 12.6. The van der Waals surface area contributed by atoms with Crippen LogP contribution in [0.4, 0.5) is 4.79 Å². The molecule has 11 nitrogen and oxygen atoms in total. The third-order valence-corrected chi connectivity index (χ3v) is 7.56. The van der Waals surface area contributed by atoms with Crippen LogP contribution in [0.15, 0.2) is 77.0 Å². The zero-order valence-electron chi connectivity index (χ0n) is 24.1. The summed E-state index contributed by atoms with van der Waals surface area (Å²) in [5.74, 6) is 0.252. The van der Waals surface area contributed by atoms with Gasteiger partial charge in [-0.05, 0) is 84.0 Å². The van der Waals surface area contributed by atoms with E-state index in [2.05, 4.69) is 43.8 Å². The molecule has 1 aliphatic rings. The third-order valence-electron chi connectivity index (χ3n) is 6.34. The van der Waals surface area contributed by atoms with Crippen LogP contribution >= 0.6 is 34.2 Å². The Kier molecular flexibility index (Phi) is 11.4. The molecule has 44 heavy (non-hydrogen) atoms. The van der Waals surface area contributed by atoms with Gasteiger partial charge in [0.25, 0.3) is 5.91 Å². The van der Waals surface area contributed by atoms with E-state index < -0.39 is 23.9 Å². The predicted octanol–water partition coefficient (Wildman–Crippen LogP) is 5.25. The van der Waals surface area contributed by atoms with Gasteiger partial charge in [0, 0.05) is 16.3 Å². The summed E-state index contributed by atoms with van der Waals surface area (Å²) in [5.41, 5.74) is 5.31. The Morgan fingerprint density at radius 3 is 2.57 bits per heavy atom. The molecule has 3 amide bonds. The molecule has 1 atom stereocenters. The van der Waals surface area contributed by atoms with E-state index in [-0.39, 0.29) is 24.5 Å². The molecule has 0 spiro atoms. The van der Waals surface area contributed by atoms with Crippen LogP contribution in [0.2, 0.25) is 5.02 Å². The quantitative estimate of drug-likeness (QED) is 0.100. The lowest BCUT2D eigenvalue weighted by Gasteiger charge is -2.28. The molecule has 0 bridgehead atoms. The summed E-state index contributed by atoms with van der Waals surface area (Å²) < 4.78 is 23.0. The molecule has 0 saturated heterocycles. The second kappa shape index (κ2) is 15.4. The normalized spacial score (nSPS) is 14.5. The number of esters is 1. The number of urea groups is 1.